The number of hydrogen-bond donors (Lipinski definition) is 2. The number of nitrogens with one attached hydrogen (secondary N) is 2. The first-order valence-corrected chi connectivity index (χ1v) is 11.8. The van der Waals surface area contributed by atoms with E-state index in [-0.39, 0.29) is 30.3 Å². The van der Waals surface area contributed by atoms with Gasteiger partial charge in [0.2, 0.25) is 0 Å². The normalized spacial score (nSPS) is 24.4. The molecule has 2 N–H and O–H groups in total. The lowest BCUT2D eigenvalue weighted by molar-refractivity contribution is -0.137. The quantitative estimate of drug-likeness (QED) is 0.607. The van der Waals surface area contributed by atoms with Gasteiger partial charge in [-0.2, -0.15) is 17.6 Å². The van der Waals surface area contributed by atoms with Crippen LogP contribution in [-0.2, 0) is 16.2 Å². The summed E-state index contributed by atoms with van der Waals surface area (Å²) in [5.74, 6) is 0. The van der Waals surface area contributed by atoms with Crippen LogP contribution in [0.5, 0.6) is 0 Å². The number of hydrogen-bond acceptors (Lipinski definition) is 6. The predicted octanol–water partition coefficient (Wildman–Crippen LogP) is 4.09. The standard InChI is InChI=1S/C18H19F5N4O2S2/c19-11-7-17(4-1-5-27(17)9-11)10-25-14-3-2-12(6-13(14)18(21,22)23)31(28,29)26-16-24-8-15(20)30-16/h2-3,6,8,11,25H,1,4-5,7,9-10H2,(H,24,26). The Labute approximate surface area is 179 Å². The van der Waals surface area contributed by atoms with Gasteiger partial charge >= 0.3 is 6.18 Å². The molecule has 13 heteroatoms. The van der Waals surface area contributed by atoms with Crippen LogP contribution in [-0.4, -0.2) is 49.6 Å². The lowest BCUT2D eigenvalue weighted by Gasteiger charge is -2.32. The fourth-order valence-electron chi connectivity index (χ4n) is 4.31. The summed E-state index contributed by atoms with van der Waals surface area (Å²) in [6, 6.07) is 2.59. The van der Waals surface area contributed by atoms with Crippen LogP contribution in [0, 0.1) is 5.13 Å². The first-order chi connectivity index (χ1) is 14.5. The number of fused-ring (bicyclic) bond motifs is 1. The van der Waals surface area contributed by atoms with E-state index < -0.39 is 43.5 Å². The van der Waals surface area contributed by atoms with Crippen molar-refractivity contribution >= 4 is 32.2 Å². The minimum atomic E-state index is -4.83. The Morgan fingerprint density at radius 2 is 2.10 bits per heavy atom. The van der Waals surface area contributed by atoms with Crippen molar-refractivity contribution in [2.45, 2.75) is 42.0 Å². The van der Waals surface area contributed by atoms with E-state index in [0.717, 1.165) is 24.8 Å². The van der Waals surface area contributed by atoms with Crippen LogP contribution in [0.25, 0.3) is 0 Å². The van der Waals surface area contributed by atoms with Gasteiger partial charge in [-0.3, -0.25) is 9.62 Å². The fourth-order valence-corrected chi connectivity index (χ4v) is 6.13. The van der Waals surface area contributed by atoms with E-state index in [4.69, 9.17) is 0 Å². The summed E-state index contributed by atoms with van der Waals surface area (Å²) in [5.41, 5.74) is -1.98. The third-order valence-corrected chi connectivity index (χ3v) is 7.84. The maximum Gasteiger partial charge on any atom is 0.418 e. The van der Waals surface area contributed by atoms with Crippen molar-refractivity contribution in [3.8, 4) is 0 Å². The van der Waals surface area contributed by atoms with Crippen LogP contribution in [0.15, 0.2) is 29.3 Å². The summed E-state index contributed by atoms with van der Waals surface area (Å²) in [6.07, 6.45) is -3.26. The lowest BCUT2D eigenvalue weighted by atomic mass is 9.93. The number of anilines is 2. The number of rotatable bonds is 6. The average Bonchev–Trinajstić information content (AvgIpc) is 3.32. The molecule has 2 fully saturated rings. The summed E-state index contributed by atoms with van der Waals surface area (Å²) < 4.78 is 94.9. The van der Waals surface area contributed by atoms with E-state index in [1.165, 1.54) is 0 Å². The van der Waals surface area contributed by atoms with Gasteiger partial charge in [0, 0.05) is 24.3 Å². The molecule has 2 saturated heterocycles. The molecule has 31 heavy (non-hydrogen) atoms. The van der Waals surface area contributed by atoms with Crippen LogP contribution in [0.1, 0.15) is 24.8 Å². The van der Waals surface area contributed by atoms with Gasteiger partial charge < -0.3 is 5.32 Å². The summed E-state index contributed by atoms with van der Waals surface area (Å²) in [7, 11) is -4.41. The molecular weight excluding hydrogens is 463 g/mol. The van der Waals surface area contributed by atoms with E-state index >= 15 is 0 Å². The molecule has 2 aromatic rings. The molecule has 0 saturated carbocycles. The van der Waals surface area contributed by atoms with Crippen molar-refractivity contribution < 1.29 is 30.4 Å². The van der Waals surface area contributed by atoms with Gasteiger partial charge in [-0.25, -0.2) is 17.8 Å². The average molecular weight is 483 g/mol. The van der Waals surface area contributed by atoms with Crippen molar-refractivity contribution in [2.75, 3.05) is 29.7 Å². The molecule has 0 bridgehead atoms. The Morgan fingerprint density at radius 3 is 2.77 bits per heavy atom. The smallest absolute Gasteiger partial charge is 0.383 e. The second-order valence-electron chi connectivity index (χ2n) is 7.71. The maximum atomic E-state index is 13.9. The van der Waals surface area contributed by atoms with Crippen molar-refractivity contribution in [3.05, 3.63) is 35.1 Å². The number of benzene rings is 1. The van der Waals surface area contributed by atoms with Crippen LogP contribution in [0.3, 0.4) is 0 Å². The minimum absolute atomic E-state index is 0.124. The number of thiazole rings is 1. The molecule has 2 aliphatic rings. The van der Waals surface area contributed by atoms with Crippen LogP contribution in [0.2, 0.25) is 0 Å². The molecule has 1 aromatic heterocycles. The van der Waals surface area contributed by atoms with E-state index in [1.54, 1.807) is 0 Å². The molecular formula is C18H19F5N4O2S2. The van der Waals surface area contributed by atoms with Gasteiger partial charge in [-0.15, -0.1) is 0 Å². The summed E-state index contributed by atoms with van der Waals surface area (Å²) in [5, 5.41) is 1.74. The van der Waals surface area contributed by atoms with Crippen LogP contribution in [0.4, 0.5) is 32.8 Å². The molecule has 0 amide bonds. The molecule has 0 aliphatic carbocycles. The van der Waals surface area contributed by atoms with Crippen molar-refractivity contribution in [3.63, 3.8) is 0 Å². The highest BCUT2D eigenvalue weighted by Crippen LogP contribution is 2.42. The Bertz CT molecular complexity index is 1080. The van der Waals surface area contributed by atoms with Gasteiger partial charge in [0.15, 0.2) is 10.3 Å². The van der Waals surface area contributed by atoms with Crippen molar-refractivity contribution in [1.29, 1.82) is 0 Å². The van der Waals surface area contributed by atoms with Crippen molar-refractivity contribution in [2.24, 2.45) is 0 Å². The maximum absolute atomic E-state index is 13.9. The molecule has 2 atom stereocenters. The van der Waals surface area contributed by atoms with Crippen LogP contribution < -0.4 is 10.0 Å². The SMILES string of the molecule is O=S(=O)(Nc1ncc(F)s1)c1ccc(NCC23CCCN2CC(F)C3)c(C(F)(F)F)c1. The van der Waals surface area contributed by atoms with Crippen LogP contribution >= 0.6 is 11.3 Å². The van der Waals surface area contributed by atoms with Gasteiger partial charge in [0.05, 0.1) is 16.7 Å². The molecule has 0 spiro atoms. The van der Waals surface area contributed by atoms with Gasteiger partial charge in [-0.05, 0) is 44.0 Å². The molecule has 2 aliphatic heterocycles. The third-order valence-electron chi connectivity index (χ3n) is 5.67. The van der Waals surface area contributed by atoms with E-state index in [9.17, 15) is 30.4 Å². The number of aromatic nitrogens is 1. The fraction of sp³-hybridized carbons (Fsp3) is 0.500. The lowest BCUT2D eigenvalue weighted by Crippen LogP contribution is -2.44. The van der Waals surface area contributed by atoms with Crippen molar-refractivity contribution in [1.82, 2.24) is 9.88 Å². The number of sulfonamides is 1. The number of alkyl halides is 4. The molecule has 4 rings (SSSR count). The highest BCUT2D eigenvalue weighted by Gasteiger charge is 2.48. The summed E-state index contributed by atoms with van der Waals surface area (Å²) >= 11 is 0.415. The first kappa shape index (κ1) is 22.2. The first-order valence-electron chi connectivity index (χ1n) is 9.47. The Morgan fingerprint density at radius 1 is 1.32 bits per heavy atom. The van der Waals surface area contributed by atoms with Gasteiger partial charge in [-0.1, -0.05) is 11.3 Å². The Hall–Kier alpha value is -1.99. The molecule has 3 heterocycles. The minimum Gasteiger partial charge on any atom is -0.383 e. The molecule has 6 nitrogen and oxygen atoms in total. The molecule has 170 valence electrons. The van der Waals surface area contributed by atoms with E-state index in [2.05, 4.69) is 10.3 Å². The zero-order valence-electron chi connectivity index (χ0n) is 16.0. The topological polar surface area (TPSA) is 74.3 Å². The second kappa shape index (κ2) is 7.85. The highest BCUT2D eigenvalue weighted by molar-refractivity contribution is 7.93. The summed E-state index contributed by atoms with van der Waals surface area (Å²) in [6.45, 7) is 1.10. The highest BCUT2D eigenvalue weighted by atomic mass is 32.2. The largest absolute Gasteiger partial charge is 0.418 e. The zero-order valence-corrected chi connectivity index (χ0v) is 17.7. The van der Waals surface area contributed by atoms with E-state index in [1.807, 2.05) is 9.62 Å². The number of halogens is 5. The number of nitrogens with zero attached hydrogens (tertiary/aromatic N) is 2. The van der Waals surface area contributed by atoms with Gasteiger partial charge in [0.1, 0.15) is 6.17 Å². The summed E-state index contributed by atoms with van der Waals surface area (Å²) in [4.78, 5) is 4.84. The van der Waals surface area contributed by atoms with Gasteiger partial charge in [0.25, 0.3) is 10.0 Å². The monoisotopic (exact) mass is 482 g/mol. The predicted molar refractivity (Wildman–Crippen MR) is 106 cm³/mol. The second-order valence-corrected chi connectivity index (χ2v) is 10.4. The Balaban J connectivity index is 1.59. The molecule has 0 radical (unpaired) electrons. The molecule has 2 unspecified atom stereocenters. The molecule has 1 aromatic carbocycles. The van der Waals surface area contributed by atoms with E-state index in [0.29, 0.717) is 30.4 Å². The third kappa shape index (κ3) is 4.48. The Kier molecular flexibility index (Phi) is 5.63. The zero-order chi connectivity index (χ0) is 22.4.